The normalized spacial score (nSPS) is 16.3. The average Bonchev–Trinajstić information content (AvgIpc) is 2.75. The van der Waals surface area contributed by atoms with Crippen LogP contribution in [0, 0.1) is 12.7 Å². The topological polar surface area (TPSA) is 41.2 Å². The third-order valence-electron chi connectivity index (χ3n) is 3.19. The molecule has 1 aromatic heterocycles. The number of halogens is 1. The van der Waals surface area contributed by atoms with Crippen LogP contribution in [-0.2, 0) is 6.54 Å². The molecule has 0 aliphatic carbocycles. The fraction of sp³-hybridized carbons (Fsp3) is 0.357. The van der Waals surface area contributed by atoms with Gasteiger partial charge in [0.2, 0.25) is 0 Å². The van der Waals surface area contributed by atoms with Gasteiger partial charge in [-0.05, 0) is 31.2 Å². The van der Waals surface area contributed by atoms with Crippen molar-refractivity contribution >= 4 is 0 Å². The van der Waals surface area contributed by atoms with Gasteiger partial charge >= 0.3 is 0 Å². The first-order valence-corrected chi connectivity index (χ1v) is 6.34. The molecule has 2 heterocycles. The predicted molar refractivity (Wildman–Crippen MR) is 69.4 cm³/mol. The summed E-state index contributed by atoms with van der Waals surface area (Å²) >= 11 is 0. The first-order valence-electron chi connectivity index (χ1n) is 6.34. The number of aromatic amines is 1. The van der Waals surface area contributed by atoms with Gasteiger partial charge in [0.1, 0.15) is 23.5 Å². The van der Waals surface area contributed by atoms with Gasteiger partial charge in [-0.2, -0.15) is 0 Å². The van der Waals surface area contributed by atoms with Gasteiger partial charge in [-0.3, -0.25) is 4.90 Å². The minimum absolute atomic E-state index is 0.189. The molecular weight excluding hydrogens is 245 g/mol. The molecule has 1 aromatic carbocycles. The number of rotatable bonds is 4. The summed E-state index contributed by atoms with van der Waals surface area (Å²) in [7, 11) is 0. The van der Waals surface area contributed by atoms with Crippen LogP contribution in [0.25, 0.3) is 0 Å². The second-order valence-electron chi connectivity index (χ2n) is 4.88. The maximum atomic E-state index is 12.8. The maximum Gasteiger partial charge on any atom is 0.124 e. The van der Waals surface area contributed by atoms with Gasteiger partial charge in [0, 0.05) is 31.5 Å². The smallest absolute Gasteiger partial charge is 0.124 e. The van der Waals surface area contributed by atoms with E-state index in [1.165, 1.54) is 12.1 Å². The zero-order valence-electron chi connectivity index (χ0n) is 10.8. The summed E-state index contributed by atoms with van der Waals surface area (Å²) in [5.74, 6) is 1.43. The Morgan fingerprint density at radius 3 is 2.74 bits per heavy atom. The molecule has 1 N–H and O–H groups in total. The number of ether oxygens (including phenoxy) is 1. The highest BCUT2D eigenvalue weighted by atomic mass is 19.1. The number of hydrogen-bond donors (Lipinski definition) is 1. The molecule has 1 aliphatic heterocycles. The number of nitrogens with one attached hydrogen (secondary N) is 1. The Labute approximate surface area is 111 Å². The van der Waals surface area contributed by atoms with Crippen molar-refractivity contribution < 1.29 is 9.13 Å². The lowest BCUT2D eigenvalue weighted by Crippen LogP contribution is -2.53. The highest BCUT2D eigenvalue weighted by Gasteiger charge is 2.28. The van der Waals surface area contributed by atoms with Gasteiger partial charge in [0.25, 0.3) is 0 Å². The van der Waals surface area contributed by atoms with Gasteiger partial charge in [-0.1, -0.05) is 0 Å². The Hall–Kier alpha value is -1.88. The molecule has 1 aliphatic rings. The fourth-order valence-corrected chi connectivity index (χ4v) is 2.22. The molecular formula is C14H16FN3O. The first kappa shape index (κ1) is 12.2. The van der Waals surface area contributed by atoms with Gasteiger partial charge in [-0.15, -0.1) is 0 Å². The van der Waals surface area contributed by atoms with Crippen LogP contribution >= 0.6 is 0 Å². The van der Waals surface area contributed by atoms with Crippen LogP contribution in [0.5, 0.6) is 5.75 Å². The minimum atomic E-state index is -0.239. The number of hydrogen-bond acceptors (Lipinski definition) is 3. The van der Waals surface area contributed by atoms with Crippen molar-refractivity contribution in [2.45, 2.75) is 19.6 Å². The number of nitrogens with zero attached hydrogens (tertiary/aromatic N) is 2. The molecule has 0 atom stereocenters. The SMILES string of the molecule is Cc1ncc(CN2CC(Oc3ccc(F)cc3)C2)[nH]1. The molecule has 0 saturated carbocycles. The second kappa shape index (κ2) is 5.01. The molecule has 2 aromatic rings. The maximum absolute atomic E-state index is 12.8. The van der Waals surface area contributed by atoms with Crippen molar-refractivity contribution in [3.63, 3.8) is 0 Å². The number of aryl methyl sites for hydroxylation is 1. The van der Waals surface area contributed by atoms with Crippen molar-refractivity contribution in [1.29, 1.82) is 0 Å². The zero-order chi connectivity index (χ0) is 13.2. The van der Waals surface area contributed by atoms with E-state index in [-0.39, 0.29) is 11.9 Å². The van der Waals surface area contributed by atoms with Gasteiger partial charge in [0.05, 0.1) is 0 Å². The van der Waals surface area contributed by atoms with E-state index < -0.39 is 0 Å². The van der Waals surface area contributed by atoms with Crippen LogP contribution in [0.2, 0.25) is 0 Å². The van der Waals surface area contributed by atoms with Crippen molar-refractivity contribution in [2.75, 3.05) is 13.1 Å². The van der Waals surface area contributed by atoms with Crippen molar-refractivity contribution in [3.8, 4) is 5.75 Å². The highest BCUT2D eigenvalue weighted by Crippen LogP contribution is 2.19. The highest BCUT2D eigenvalue weighted by molar-refractivity contribution is 5.22. The number of imidazole rings is 1. The Morgan fingerprint density at radius 2 is 2.11 bits per heavy atom. The van der Waals surface area contributed by atoms with Crippen molar-refractivity contribution in [3.05, 3.63) is 47.8 Å². The Morgan fingerprint density at radius 1 is 1.37 bits per heavy atom. The molecule has 19 heavy (non-hydrogen) atoms. The molecule has 0 spiro atoms. The van der Waals surface area contributed by atoms with Crippen LogP contribution in [-0.4, -0.2) is 34.1 Å². The Kier molecular flexibility index (Phi) is 3.21. The first-order chi connectivity index (χ1) is 9.19. The number of aromatic nitrogens is 2. The number of likely N-dealkylation sites (tertiary alicyclic amines) is 1. The number of H-pyrrole nitrogens is 1. The largest absolute Gasteiger partial charge is 0.488 e. The van der Waals surface area contributed by atoms with Crippen LogP contribution in [0.15, 0.2) is 30.5 Å². The van der Waals surface area contributed by atoms with E-state index in [1.807, 2.05) is 13.1 Å². The third-order valence-corrected chi connectivity index (χ3v) is 3.19. The lowest BCUT2D eigenvalue weighted by Gasteiger charge is -2.38. The third kappa shape index (κ3) is 2.93. The van der Waals surface area contributed by atoms with Crippen LogP contribution < -0.4 is 4.74 Å². The summed E-state index contributed by atoms with van der Waals surface area (Å²) in [6.45, 7) is 4.58. The van der Waals surface area contributed by atoms with Gasteiger partial charge < -0.3 is 9.72 Å². The van der Waals surface area contributed by atoms with E-state index in [9.17, 15) is 4.39 Å². The van der Waals surface area contributed by atoms with Gasteiger partial charge in [0.15, 0.2) is 0 Å². The Bertz CT molecular complexity index is 546. The molecule has 0 unspecified atom stereocenters. The molecule has 3 rings (SSSR count). The monoisotopic (exact) mass is 261 g/mol. The second-order valence-corrected chi connectivity index (χ2v) is 4.88. The predicted octanol–water partition coefficient (Wildman–Crippen LogP) is 2.12. The van der Waals surface area contributed by atoms with Crippen LogP contribution in [0.3, 0.4) is 0 Å². The molecule has 100 valence electrons. The summed E-state index contributed by atoms with van der Waals surface area (Å²) in [5, 5.41) is 0. The molecule has 0 radical (unpaired) electrons. The van der Waals surface area contributed by atoms with Crippen LogP contribution in [0.1, 0.15) is 11.5 Å². The number of benzene rings is 1. The van der Waals surface area contributed by atoms with E-state index in [0.717, 1.165) is 36.9 Å². The molecule has 5 heteroatoms. The lowest BCUT2D eigenvalue weighted by molar-refractivity contribution is 0.0138. The minimum Gasteiger partial charge on any atom is -0.488 e. The van der Waals surface area contributed by atoms with Crippen molar-refractivity contribution in [2.24, 2.45) is 0 Å². The lowest BCUT2D eigenvalue weighted by atomic mass is 10.1. The van der Waals surface area contributed by atoms with E-state index in [4.69, 9.17) is 4.74 Å². The standard InChI is InChI=1S/C14H16FN3O/c1-10-16-6-12(17-10)7-18-8-14(9-18)19-13-4-2-11(15)3-5-13/h2-6,14H,7-9H2,1H3,(H,16,17). The van der Waals surface area contributed by atoms with Crippen molar-refractivity contribution in [1.82, 2.24) is 14.9 Å². The van der Waals surface area contributed by atoms with Gasteiger partial charge in [-0.25, -0.2) is 9.37 Å². The summed E-state index contributed by atoms with van der Waals surface area (Å²) in [6.07, 6.45) is 2.05. The fourth-order valence-electron chi connectivity index (χ4n) is 2.22. The zero-order valence-corrected chi connectivity index (χ0v) is 10.8. The summed E-state index contributed by atoms with van der Waals surface area (Å²) in [4.78, 5) is 9.66. The average molecular weight is 261 g/mol. The summed E-state index contributed by atoms with van der Waals surface area (Å²) < 4.78 is 18.5. The van der Waals surface area contributed by atoms with E-state index in [2.05, 4.69) is 14.9 Å². The van der Waals surface area contributed by atoms with E-state index in [1.54, 1.807) is 12.1 Å². The summed E-state index contributed by atoms with van der Waals surface area (Å²) in [5.41, 5.74) is 1.12. The Balaban J connectivity index is 1.46. The molecule has 1 fully saturated rings. The summed E-state index contributed by atoms with van der Waals surface area (Å²) in [6, 6.07) is 6.16. The van der Waals surface area contributed by atoms with E-state index >= 15 is 0 Å². The molecule has 4 nitrogen and oxygen atoms in total. The van der Waals surface area contributed by atoms with E-state index in [0.29, 0.717) is 0 Å². The molecule has 0 amide bonds. The molecule has 0 bridgehead atoms. The van der Waals surface area contributed by atoms with Crippen LogP contribution in [0.4, 0.5) is 4.39 Å². The molecule has 1 saturated heterocycles. The quantitative estimate of drug-likeness (QED) is 0.916.